The first-order valence-electron chi connectivity index (χ1n) is 11.5. The lowest BCUT2D eigenvalue weighted by Crippen LogP contribution is -2.38. The van der Waals surface area contributed by atoms with Crippen LogP contribution in [-0.2, 0) is 6.42 Å². The molecule has 4 aromatic heterocycles. The predicted molar refractivity (Wildman–Crippen MR) is 130 cm³/mol. The smallest absolute Gasteiger partial charge is 0.261 e. The van der Waals surface area contributed by atoms with Crippen molar-refractivity contribution >= 4 is 29.3 Å². The van der Waals surface area contributed by atoms with Crippen LogP contribution < -0.4 is 5.56 Å². The highest BCUT2D eigenvalue weighted by Crippen LogP contribution is 2.42. The maximum Gasteiger partial charge on any atom is 0.261 e. The minimum atomic E-state index is 0.0588. The van der Waals surface area contributed by atoms with E-state index in [1.807, 2.05) is 47.3 Å². The van der Waals surface area contributed by atoms with Crippen molar-refractivity contribution in [3.8, 4) is 0 Å². The number of aromatic nitrogens is 5. The second-order valence-corrected chi connectivity index (χ2v) is 9.88. The Labute approximate surface area is 196 Å². The van der Waals surface area contributed by atoms with Gasteiger partial charge in [-0.15, -0.1) is 11.3 Å². The highest BCUT2D eigenvalue weighted by Gasteiger charge is 2.34. The summed E-state index contributed by atoms with van der Waals surface area (Å²) in [6.07, 6.45) is 10.6. The third-order valence-corrected chi connectivity index (χ3v) is 8.12. The highest BCUT2D eigenvalue weighted by atomic mass is 32.1. The summed E-state index contributed by atoms with van der Waals surface area (Å²) in [5, 5.41) is 6.60. The van der Waals surface area contributed by atoms with Crippen molar-refractivity contribution in [3.63, 3.8) is 0 Å². The fourth-order valence-electron chi connectivity index (χ4n) is 5.31. The number of rotatable bonds is 4. The molecule has 8 heteroatoms. The van der Waals surface area contributed by atoms with E-state index < -0.39 is 0 Å². The minimum Gasteiger partial charge on any atom is -0.303 e. The molecule has 1 unspecified atom stereocenters. The quantitative estimate of drug-likeness (QED) is 0.467. The Balaban J connectivity index is 1.16. The molecule has 6 rings (SSSR count). The first-order valence-corrected chi connectivity index (χ1v) is 12.4. The van der Waals surface area contributed by atoms with Gasteiger partial charge in [-0.2, -0.15) is 5.10 Å². The van der Waals surface area contributed by atoms with Gasteiger partial charge in [0.15, 0.2) is 0 Å². The van der Waals surface area contributed by atoms with E-state index in [0.29, 0.717) is 11.6 Å². The summed E-state index contributed by atoms with van der Waals surface area (Å²) >= 11 is 1.83. The van der Waals surface area contributed by atoms with Crippen LogP contribution in [0.25, 0.3) is 17.9 Å². The number of aryl methyl sites for hydroxylation is 1. The van der Waals surface area contributed by atoms with Crippen LogP contribution in [-0.4, -0.2) is 48.7 Å². The zero-order valence-electron chi connectivity index (χ0n) is 18.6. The van der Waals surface area contributed by atoms with E-state index in [4.69, 9.17) is 0 Å². The van der Waals surface area contributed by atoms with Crippen molar-refractivity contribution in [1.82, 2.24) is 29.0 Å². The van der Waals surface area contributed by atoms with Gasteiger partial charge in [0.25, 0.3) is 5.56 Å². The fraction of sp³-hybridized carbons (Fsp3) is 0.360. The number of pyridine rings is 1. The Hall–Kier alpha value is -3.10. The summed E-state index contributed by atoms with van der Waals surface area (Å²) < 4.78 is 3.59. The molecule has 0 aliphatic carbocycles. The molecule has 0 radical (unpaired) electrons. The summed E-state index contributed by atoms with van der Waals surface area (Å²) in [6.45, 7) is 4.90. The van der Waals surface area contributed by atoms with Crippen LogP contribution in [0.5, 0.6) is 0 Å². The van der Waals surface area contributed by atoms with Gasteiger partial charge in [0.1, 0.15) is 17.8 Å². The summed E-state index contributed by atoms with van der Waals surface area (Å²) in [4.78, 5) is 26.2. The molecule has 168 valence electrons. The van der Waals surface area contributed by atoms with Crippen molar-refractivity contribution in [2.75, 3.05) is 19.6 Å². The summed E-state index contributed by atoms with van der Waals surface area (Å²) in [6, 6.07) is 7.87. The van der Waals surface area contributed by atoms with Gasteiger partial charge in [-0.3, -0.25) is 9.20 Å². The molecule has 7 nitrogen and oxygen atoms in total. The van der Waals surface area contributed by atoms with E-state index in [1.54, 1.807) is 16.9 Å². The van der Waals surface area contributed by atoms with E-state index in [0.717, 1.165) is 56.0 Å². The number of fused-ring (bicyclic) bond motifs is 3. The second-order valence-electron chi connectivity index (χ2n) is 8.94. The molecule has 0 saturated carbocycles. The Bertz CT molecular complexity index is 1350. The lowest BCUT2D eigenvalue weighted by atomic mass is 9.82. The largest absolute Gasteiger partial charge is 0.303 e. The molecule has 6 heterocycles. The fourth-order valence-corrected chi connectivity index (χ4v) is 6.39. The van der Waals surface area contributed by atoms with Crippen LogP contribution in [0.3, 0.4) is 0 Å². The molecular formula is C25H26N6OS. The number of thiophene rings is 1. The molecule has 0 spiro atoms. The molecule has 4 aromatic rings. The SMILES string of the molecule is Cc1nc2ccccn2c(=O)c1CCN1CCC(C2c3sccc3C=Cn3ncnc32)CC1. The van der Waals surface area contributed by atoms with Gasteiger partial charge >= 0.3 is 0 Å². The molecule has 0 aromatic carbocycles. The molecule has 1 fully saturated rings. The maximum atomic E-state index is 13.0. The Morgan fingerprint density at radius 1 is 1.18 bits per heavy atom. The van der Waals surface area contributed by atoms with Crippen LogP contribution >= 0.6 is 11.3 Å². The van der Waals surface area contributed by atoms with Gasteiger partial charge in [0, 0.05) is 35.1 Å². The van der Waals surface area contributed by atoms with Crippen LogP contribution in [0.2, 0.25) is 0 Å². The van der Waals surface area contributed by atoms with Crippen molar-refractivity contribution < 1.29 is 0 Å². The van der Waals surface area contributed by atoms with Crippen LogP contribution in [0.1, 0.15) is 46.3 Å². The highest BCUT2D eigenvalue weighted by molar-refractivity contribution is 7.10. The topological polar surface area (TPSA) is 68.3 Å². The third-order valence-electron chi connectivity index (χ3n) is 7.10. The summed E-state index contributed by atoms with van der Waals surface area (Å²) in [5.74, 6) is 1.88. The number of nitrogens with zero attached hydrogens (tertiary/aromatic N) is 6. The number of hydrogen-bond acceptors (Lipinski definition) is 6. The van der Waals surface area contributed by atoms with Gasteiger partial charge in [0.05, 0.1) is 5.92 Å². The summed E-state index contributed by atoms with van der Waals surface area (Å²) in [5.41, 5.74) is 3.73. The Kier molecular flexibility index (Phi) is 5.19. The maximum absolute atomic E-state index is 13.0. The number of likely N-dealkylation sites (tertiary alicyclic amines) is 1. The van der Waals surface area contributed by atoms with E-state index >= 15 is 0 Å². The molecule has 1 saturated heterocycles. The predicted octanol–water partition coefficient (Wildman–Crippen LogP) is 3.68. The molecule has 2 aliphatic rings. The Morgan fingerprint density at radius 2 is 2.06 bits per heavy atom. The molecular weight excluding hydrogens is 432 g/mol. The van der Waals surface area contributed by atoms with E-state index in [2.05, 4.69) is 37.5 Å². The van der Waals surface area contributed by atoms with E-state index in [9.17, 15) is 4.79 Å². The van der Waals surface area contributed by atoms with Crippen molar-refractivity contribution in [3.05, 3.63) is 80.0 Å². The zero-order valence-corrected chi connectivity index (χ0v) is 19.4. The normalized spacial score (nSPS) is 18.9. The van der Waals surface area contributed by atoms with Crippen molar-refractivity contribution in [1.29, 1.82) is 0 Å². The minimum absolute atomic E-state index is 0.0588. The van der Waals surface area contributed by atoms with Crippen molar-refractivity contribution in [2.24, 2.45) is 5.92 Å². The molecule has 0 amide bonds. The van der Waals surface area contributed by atoms with Crippen molar-refractivity contribution in [2.45, 2.75) is 32.1 Å². The summed E-state index contributed by atoms with van der Waals surface area (Å²) in [7, 11) is 0. The molecule has 0 bridgehead atoms. The second kappa shape index (κ2) is 8.35. The number of piperidine rings is 1. The van der Waals surface area contributed by atoms with Crippen LogP contribution in [0, 0.1) is 12.8 Å². The van der Waals surface area contributed by atoms with Gasteiger partial charge in [0.2, 0.25) is 0 Å². The first kappa shape index (κ1) is 20.5. The molecule has 1 atom stereocenters. The average molecular weight is 459 g/mol. The molecule has 2 aliphatic heterocycles. The van der Waals surface area contributed by atoms with E-state index in [1.165, 1.54) is 10.4 Å². The lowest BCUT2D eigenvalue weighted by molar-refractivity contribution is 0.175. The average Bonchev–Trinajstić information content (AvgIpc) is 3.46. The molecule has 33 heavy (non-hydrogen) atoms. The Morgan fingerprint density at radius 3 is 2.94 bits per heavy atom. The lowest BCUT2D eigenvalue weighted by Gasteiger charge is -2.35. The number of hydrogen-bond donors (Lipinski definition) is 0. The van der Waals surface area contributed by atoms with Gasteiger partial charge < -0.3 is 4.90 Å². The molecule has 0 N–H and O–H groups in total. The first-order chi connectivity index (χ1) is 16.2. The van der Waals surface area contributed by atoms with Crippen LogP contribution in [0.4, 0.5) is 0 Å². The van der Waals surface area contributed by atoms with Gasteiger partial charge in [-0.05, 0) is 80.4 Å². The standard InChI is InChI=1S/C25H26N6OS/c1-17-20(25(32)30-10-3-2-4-21(30)28-17)8-13-29-11-5-18(6-12-29)22-23-19(9-15-33-23)7-14-31-24(22)26-16-27-31/h2-4,7,9-10,14-16,18,22H,5-6,8,11-13H2,1H3. The van der Waals surface area contributed by atoms with Crippen LogP contribution in [0.15, 0.2) is 47.0 Å². The third kappa shape index (κ3) is 3.63. The van der Waals surface area contributed by atoms with Gasteiger partial charge in [-0.1, -0.05) is 6.07 Å². The van der Waals surface area contributed by atoms with E-state index in [-0.39, 0.29) is 11.5 Å². The van der Waals surface area contributed by atoms with Gasteiger partial charge in [-0.25, -0.2) is 14.6 Å². The monoisotopic (exact) mass is 458 g/mol. The zero-order chi connectivity index (χ0) is 22.4.